The number of hydrogen-bond acceptors (Lipinski definition) is 2. The zero-order valence-electron chi connectivity index (χ0n) is 33.2. The topological polar surface area (TPSA) is 30.7 Å². The molecule has 0 N–H and O–H groups in total. The third kappa shape index (κ3) is 5.90. The Morgan fingerprint density at radius 1 is 0.311 bits per heavy atom. The van der Waals surface area contributed by atoms with E-state index < -0.39 is 0 Å². The van der Waals surface area contributed by atoms with Gasteiger partial charge in [-0.1, -0.05) is 170 Å². The van der Waals surface area contributed by atoms with Crippen LogP contribution in [0.1, 0.15) is 0 Å². The molecule has 0 saturated heterocycles. The van der Waals surface area contributed by atoms with Gasteiger partial charge in [-0.15, -0.1) is 0 Å². The summed E-state index contributed by atoms with van der Waals surface area (Å²) in [6.07, 6.45) is 0. The molecule has 284 valence electrons. The first kappa shape index (κ1) is 34.9. The first-order valence-electron chi connectivity index (χ1n) is 20.8. The van der Waals surface area contributed by atoms with Gasteiger partial charge in [-0.05, 0) is 110 Å². The molecule has 10 aromatic carbocycles. The fourth-order valence-corrected chi connectivity index (χ4v) is 9.31. The summed E-state index contributed by atoms with van der Waals surface area (Å²) in [7, 11) is 0. The maximum Gasteiger partial charge on any atom is 0.160 e. The van der Waals surface area contributed by atoms with Gasteiger partial charge < -0.3 is 4.57 Å². The van der Waals surface area contributed by atoms with Crippen molar-refractivity contribution < 1.29 is 0 Å². The minimum atomic E-state index is 0.689. The Balaban J connectivity index is 1.07. The highest BCUT2D eigenvalue weighted by molar-refractivity contribution is 6.18. The normalized spacial score (nSPS) is 11.6. The van der Waals surface area contributed by atoms with Crippen LogP contribution in [0.2, 0.25) is 0 Å². The zero-order valence-corrected chi connectivity index (χ0v) is 33.2. The molecular formula is C58H37N3. The Hall–Kier alpha value is -8.14. The van der Waals surface area contributed by atoms with Crippen molar-refractivity contribution in [3.63, 3.8) is 0 Å². The second-order valence-corrected chi connectivity index (χ2v) is 15.7. The quantitative estimate of drug-likeness (QED) is 0.168. The van der Waals surface area contributed by atoms with Crippen molar-refractivity contribution in [2.24, 2.45) is 0 Å². The number of aromatic nitrogens is 3. The molecule has 0 aliphatic heterocycles. The molecule has 0 atom stereocenters. The van der Waals surface area contributed by atoms with Gasteiger partial charge in [0.1, 0.15) is 0 Å². The van der Waals surface area contributed by atoms with Crippen LogP contribution in [0.25, 0.3) is 116 Å². The minimum Gasteiger partial charge on any atom is -0.309 e. The predicted octanol–water partition coefficient (Wildman–Crippen LogP) is 15.4. The highest BCUT2D eigenvalue weighted by Gasteiger charge is 2.20. The third-order valence-corrected chi connectivity index (χ3v) is 12.2. The van der Waals surface area contributed by atoms with E-state index in [9.17, 15) is 0 Å². The summed E-state index contributed by atoms with van der Waals surface area (Å²) in [5.41, 5.74) is 14.3. The van der Waals surface area contributed by atoms with Gasteiger partial charge in [0.05, 0.1) is 22.2 Å². The molecule has 0 aliphatic rings. The number of benzene rings is 10. The molecule has 3 nitrogen and oxygen atoms in total. The predicted molar refractivity (Wildman–Crippen MR) is 256 cm³/mol. The van der Waals surface area contributed by atoms with E-state index in [0.29, 0.717) is 5.82 Å². The van der Waals surface area contributed by atoms with Gasteiger partial charge in [-0.25, -0.2) is 9.97 Å². The maximum atomic E-state index is 5.39. The van der Waals surface area contributed by atoms with Crippen molar-refractivity contribution in [1.29, 1.82) is 0 Å². The van der Waals surface area contributed by atoms with Crippen molar-refractivity contribution in [2.45, 2.75) is 0 Å². The van der Waals surface area contributed by atoms with Crippen LogP contribution in [0.15, 0.2) is 224 Å². The second-order valence-electron chi connectivity index (χ2n) is 15.7. The highest BCUT2D eigenvalue weighted by atomic mass is 15.0. The summed E-state index contributed by atoms with van der Waals surface area (Å²) in [5.74, 6) is 0.689. The summed E-state index contributed by atoms with van der Waals surface area (Å²) >= 11 is 0. The summed E-state index contributed by atoms with van der Waals surface area (Å²) in [6, 6.07) is 80.5. The van der Waals surface area contributed by atoms with Crippen LogP contribution < -0.4 is 0 Å². The van der Waals surface area contributed by atoms with Crippen LogP contribution in [-0.4, -0.2) is 14.5 Å². The lowest BCUT2D eigenvalue weighted by molar-refractivity contribution is 1.17. The molecule has 2 aromatic heterocycles. The van der Waals surface area contributed by atoms with Crippen LogP contribution in [0.4, 0.5) is 0 Å². The van der Waals surface area contributed by atoms with E-state index in [0.717, 1.165) is 50.1 Å². The van der Waals surface area contributed by atoms with Gasteiger partial charge in [0, 0.05) is 33.0 Å². The third-order valence-electron chi connectivity index (χ3n) is 12.2. The van der Waals surface area contributed by atoms with E-state index in [1.54, 1.807) is 0 Å². The zero-order chi connectivity index (χ0) is 40.3. The first-order valence-corrected chi connectivity index (χ1v) is 20.8. The fraction of sp³-hybridized carbons (Fsp3) is 0. The van der Waals surface area contributed by atoms with Gasteiger partial charge in [0.2, 0.25) is 0 Å². The Bertz CT molecular complexity index is 3600. The lowest BCUT2D eigenvalue weighted by Crippen LogP contribution is -1.98. The van der Waals surface area contributed by atoms with E-state index >= 15 is 0 Å². The smallest absolute Gasteiger partial charge is 0.160 e. The number of rotatable bonds is 6. The molecule has 0 aliphatic carbocycles. The molecule has 3 heteroatoms. The molecule has 0 radical (unpaired) electrons. The van der Waals surface area contributed by atoms with Gasteiger partial charge >= 0.3 is 0 Å². The van der Waals surface area contributed by atoms with Crippen LogP contribution in [0, 0.1) is 0 Å². The molecule has 0 spiro atoms. The molecule has 0 unspecified atom stereocenters. The summed E-state index contributed by atoms with van der Waals surface area (Å²) in [5, 5.41) is 8.37. The largest absolute Gasteiger partial charge is 0.309 e. The second kappa shape index (κ2) is 14.3. The van der Waals surface area contributed by atoms with Crippen molar-refractivity contribution in [1.82, 2.24) is 14.5 Å². The molecule has 2 heterocycles. The average Bonchev–Trinajstić information content (AvgIpc) is 3.66. The summed E-state index contributed by atoms with van der Waals surface area (Å²) in [4.78, 5) is 10.8. The lowest BCUT2D eigenvalue weighted by atomic mass is 9.89. The lowest BCUT2D eigenvalue weighted by Gasteiger charge is -2.17. The molecule has 12 rings (SSSR count). The van der Waals surface area contributed by atoms with E-state index in [1.165, 1.54) is 60.0 Å². The highest BCUT2D eigenvalue weighted by Crippen LogP contribution is 2.43. The minimum absolute atomic E-state index is 0.689. The van der Waals surface area contributed by atoms with Crippen LogP contribution in [-0.2, 0) is 0 Å². The van der Waals surface area contributed by atoms with Crippen LogP contribution >= 0.6 is 0 Å². The van der Waals surface area contributed by atoms with E-state index in [1.807, 2.05) is 0 Å². The van der Waals surface area contributed by atoms with E-state index in [-0.39, 0.29) is 0 Å². The standard InChI is InChI=1S/C58H37N3/c1-4-16-39(17-5-1)47-27-15-29-54-56(47)52-34-43-23-10-11-24-44(43)35-55(52)61(54)45-32-30-42(31-33-45)58-59-53-37-50(48-28-14-25-38-20-12-13-26-46(38)48)49(40-18-6-2-7-19-40)36-51(53)57(60-58)41-21-8-3-9-22-41/h1-37H. The van der Waals surface area contributed by atoms with Gasteiger partial charge in [-0.2, -0.15) is 0 Å². The molecule has 0 saturated carbocycles. The van der Waals surface area contributed by atoms with E-state index in [2.05, 4.69) is 229 Å². The van der Waals surface area contributed by atoms with Gasteiger partial charge in [-0.3, -0.25) is 0 Å². The molecule has 12 aromatic rings. The van der Waals surface area contributed by atoms with Crippen molar-refractivity contribution >= 4 is 54.3 Å². The Morgan fingerprint density at radius 3 is 1.64 bits per heavy atom. The Labute approximate surface area is 353 Å². The summed E-state index contributed by atoms with van der Waals surface area (Å²) in [6.45, 7) is 0. The fourth-order valence-electron chi connectivity index (χ4n) is 9.31. The van der Waals surface area contributed by atoms with Crippen molar-refractivity contribution in [3.8, 4) is 61.7 Å². The van der Waals surface area contributed by atoms with Gasteiger partial charge in [0.25, 0.3) is 0 Å². The number of fused-ring (bicyclic) bond motifs is 6. The molecule has 61 heavy (non-hydrogen) atoms. The Kier molecular flexibility index (Phi) is 8.17. The molecular weight excluding hydrogens is 739 g/mol. The van der Waals surface area contributed by atoms with Crippen LogP contribution in [0.3, 0.4) is 0 Å². The van der Waals surface area contributed by atoms with Crippen LogP contribution in [0.5, 0.6) is 0 Å². The van der Waals surface area contributed by atoms with E-state index in [4.69, 9.17) is 9.97 Å². The summed E-state index contributed by atoms with van der Waals surface area (Å²) < 4.78 is 2.41. The van der Waals surface area contributed by atoms with Crippen molar-refractivity contribution in [3.05, 3.63) is 224 Å². The average molecular weight is 776 g/mol. The first-order chi connectivity index (χ1) is 30.2. The molecule has 0 bridgehead atoms. The monoisotopic (exact) mass is 775 g/mol. The SMILES string of the molecule is c1ccc(-c2cc3c(-c4ccccc4)nc(-c4ccc(-n5c6cc7ccccc7cc6c6c(-c7ccccc7)cccc65)cc4)nc3cc2-c2cccc3ccccc23)cc1. The molecule has 0 amide bonds. The number of hydrogen-bond donors (Lipinski definition) is 0. The van der Waals surface area contributed by atoms with Gasteiger partial charge in [0.15, 0.2) is 5.82 Å². The number of nitrogens with zero attached hydrogens (tertiary/aromatic N) is 3. The maximum absolute atomic E-state index is 5.39. The Morgan fingerprint density at radius 2 is 0.902 bits per heavy atom. The molecule has 0 fully saturated rings. The van der Waals surface area contributed by atoms with Crippen molar-refractivity contribution in [2.75, 3.05) is 0 Å².